The molecule has 0 aliphatic carbocycles. The highest BCUT2D eigenvalue weighted by molar-refractivity contribution is 7.07. The van der Waals surface area contributed by atoms with Crippen LogP contribution >= 0.6 is 11.3 Å². The van der Waals surface area contributed by atoms with E-state index in [0.29, 0.717) is 18.9 Å². The van der Waals surface area contributed by atoms with Gasteiger partial charge in [0, 0.05) is 25.5 Å². The normalized spacial score (nSPS) is 11.0. The van der Waals surface area contributed by atoms with Crippen LogP contribution in [0.25, 0.3) is 17.0 Å². The zero-order valence-electron chi connectivity index (χ0n) is 14.3. The Morgan fingerprint density at radius 2 is 2.24 bits per heavy atom. The van der Waals surface area contributed by atoms with Crippen molar-refractivity contribution >= 4 is 28.9 Å². The van der Waals surface area contributed by atoms with Crippen molar-refractivity contribution < 1.29 is 9.53 Å². The van der Waals surface area contributed by atoms with Crippen LogP contribution in [0.2, 0.25) is 0 Å². The molecule has 0 saturated heterocycles. The molecule has 0 spiro atoms. The molecule has 0 bridgehead atoms. The molecular formula is C16H20N6O2S. The third-order valence-electron chi connectivity index (χ3n) is 3.46. The molecule has 0 aromatic carbocycles. The number of hydrogen-bond acceptors (Lipinski definition) is 7. The van der Waals surface area contributed by atoms with Gasteiger partial charge in [0.25, 0.3) is 0 Å². The predicted octanol–water partition coefficient (Wildman–Crippen LogP) is 2.74. The summed E-state index contributed by atoms with van der Waals surface area (Å²) in [4.78, 5) is 21.9. The number of carbonyl (C=O) groups excluding carboxylic acids is 1. The fourth-order valence-corrected chi connectivity index (χ4v) is 2.76. The zero-order chi connectivity index (χ0) is 17.8. The molecule has 3 aromatic rings. The third-order valence-corrected chi connectivity index (χ3v) is 4.05. The van der Waals surface area contributed by atoms with Gasteiger partial charge in [-0.2, -0.15) is 0 Å². The SMILES string of the molecule is CC(C)OC(=O)N(C)CCNc1ccc2ncc(-c3cscn3)n2n1. The summed E-state index contributed by atoms with van der Waals surface area (Å²) in [5.74, 6) is 0.701. The fourth-order valence-electron chi connectivity index (χ4n) is 2.22. The number of fused-ring (bicyclic) bond motifs is 1. The summed E-state index contributed by atoms with van der Waals surface area (Å²) in [6.45, 7) is 4.72. The third kappa shape index (κ3) is 4.05. The summed E-state index contributed by atoms with van der Waals surface area (Å²) >= 11 is 1.53. The lowest BCUT2D eigenvalue weighted by Gasteiger charge is -2.18. The Labute approximate surface area is 149 Å². The van der Waals surface area contributed by atoms with Gasteiger partial charge in [-0.1, -0.05) is 0 Å². The predicted molar refractivity (Wildman–Crippen MR) is 96.8 cm³/mol. The van der Waals surface area contributed by atoms with Crippen molar-refractivity contribution in [1.29, 1.82) is 0 Å². The van der Waals surface area contributed by atoms with Gasteiger partial charge in [-0.3, -0.25) is 0 Å². The van der Waals surface area contributed by atoms with E-state index in [1.165, 1.54) is 16.2 Å². The van der Waals surface area contributed by atoms with Crippen LogP contribution in [0, 0.1) is 0 Å². The van der Waals surface area contributed by atoms with Gasteiger partial charge in [-0.25, -0.2) is 19.3 Å². The minimum atomic E-state index is -0.333. The number of nitrogens with one attached hydrogen (secondary N) is 1. The lowest BCUT2D eigenvalue weighted by atomic mass is 10.4. The molecule has 3 aromatic heterocycles. The quantitative estimate of drug-likeness (QED) is 0.728. The molecule has 3 heterocycles. The number of amides is 1. The van der Waals surface area contributed by atoms with E-state index in [2.05, 4.69) is 20.4 Å². The molecule has 8 nitrogen and oxygen atoms in total. The number of carbonyl (C=O) groups is 1. The zero-order valence-corrected chi connectivity index (χ0v) is 15.2. The van der Waals surface area contributed by atoms with Crippen molar-refractivity contribution in [2.45, 2.75) is 20.0 Å². The van der Waals surface area contributed by atoms with Crippen LogP contribution in [0.15, 0.2) is 29.2 Å². The van der Waals surface area contributed by atoms with Crippen molar-refractivity contribution in [3.8, 4) is 11.4 Å². The largest absolute Gasteiger partial charge is 0.447 e. The number of likely N-dealkylation sites (N-methyl/N-ethyl adjacent to an activating group) is 1. The summed E-state index contributed by atoms with van der Waals surface area (Å²) in [5, 5.41) is 9.72. The molecule has 1 amide bonds. The van der Waals surface area contributed by atoms with Crippen molar-refractivity contribution in [3.63, 3.8) is 0 Å². The molecule has 0 aliphatic rings. The van der Waals surface area contributed by atoms with Crippen LogP contribution in [-0.2, 0) is 4.74 Å². The van der Waals surface area contributed by atoms with Gasteiger partial charge in [0.2, 0.25) is 0 Å². The van der Waals surface area contributed by atoms with Crippen molar-refractivity contribution in [3.05, 3.63) is 29.2 Å². The Morgan fingerprint density at radius 1 is 1.40 bits per heavy atom. The van der Waals surface area contributed by atoms with E-state index in [1.54, 1.807) is 23.3 Å². The summed E-state index contributed by atoms with van der Waals surface area (Å²) in [5.41, 5.74) is 4.23. The van der Waals surface area contributed by atoms with Gasteiger partial charge in [0.05, 0.1) is 17.8 Å². The second-order valence-electron chi connectivity index (χ2n) is 5.79. The molecule has 3 rings (SSSR count). The van der Waals surface area contributed by atoms with E-state index in [9.17, 15) is 4.79 Å². The molecular weight excluding hydrogens is 340 g/mol. The number of hydrogen-bond donors (Lipinski definition) is 1. The summed E-state index contributed by atoms with van der Waals surface area (Å²) in [6.07, 6.45) is 1.30. The lowest BCUT2D eigenvalue weighted by Crippen LogP contribution is -2.33. The first-order valence-corrected chi connectivity index (χ1v) is 8.88. The summed E-state index contributed by atoms with van der Waals surface area (Å²) < 4.78 is 6.90. The van der Waals surface area contributed by atoms with Crippen molar-refractivity contribution in [1.82, 2.24) is 24.5 Å². The Morgan fingerprint density at radius 3 is 2.96 bits per heavy atom. The van der Waals surface area contributed by atoms with Crippen LogP contribution < -0.4 is 5.32 Å². The fraction of sp³-hybridized carbons (Fsp3) is 0.375. The number of nitrogens with zero attached hydrogens (tertiary/aromatic N) is 5. The van der Waals surface area contributed by atoms with Gasteiger partial charge in [-0.05, 0) is 26.0 Å². The van der Waals surface area contributed by atoms with E-state index in [1.807, 2.05) is 31.4 Å². The molecule has 0 aliphatic heterocycles. The number of thiazole rings is 1. The first-order valence-electron chi connectivity index (χ1n) is 7.93. The van der Waals surface area contributed by atoms with Gasteiger partial charge in [0.15, 0.2) is 5.65 Å². The van der Waals surface area contributed by atoms with Crippen molar-refractivity contribution in [2.24, 2.45) is 0 Å². The Kier molecular flexibility index (Phi) is 5.13. The van der Waals surface area contributed by atoms with Crippen LogP contribution in [0.4, 0.5) is 10.6 Å². The minimum Gasteiger partial charge on any atom is -0.447 e. The lowest BCUT2D eigenvalue weighted by molar-refractivity contribution is 0.0851. The molecule has 9 heteroatoms. The summed E-state index contributed by atoms with van der Waals surface area (Å²) in [7, 11) is 1.71. The van der Waals surface area contributed by atoms with E-state index < -0.39 is 0 Å². The molecule has 0 unspecified atom stereocenters. The van der Waals surface area contributed by atoms with E-state index in [0.717, 1.165) is 17.0 Å². The smallest absolute Gasteiger partial charge is 0.409 e. The van der Waals surface area contributed by atoms with Crippen LogP contribution in [0.1, 0.15) is 13.8 Å². The summed E-state index contributed by atoms with van der Waals surface area (Å²) in [6, 6.07) is 3.75. The minimum absolute atomic E-state index is 0.127. The van der Waals surface area contributed by atoms with Crippen LogP contribution in [0.3, 0.4) is 0 Å². The highest BCUT2D eigenvalue weighted by atomic mass is 32.1. The van der Waals surface area contributed by atoms with Gasteiger partial charge in [0.1, 0.15) is 17.2 Å². The van der Waals surface area contributed by atoms with Gasteiger partial charge >= 0.3 is 6.09 Å². The van der Waals surface area contributed by atoms with E-state index in [4.69, 9.17) is 4.74 Å². The maximum absolute atomic E-state index is 11.8. The Bertz CT molecular complexity index is 846. The molecule has 0 fully saturated rings. The van der Waals surface area contributed by atoms with Crippen molar-refractivity contribution in [2.75, 3.05) is 25.5 Å². The molecule has 1 N–H and O–H groups in total. The second-order valence-corrected chi connectivity index (χ2v) is 6.51. The number of imidazole rings is 1. The maximum Gasteiger partial charge on any atom is 0.409 e. The first kappa shape index (κ1) is 17.2. The number of rotatable bonds is 6. The van der Waals surface area contributed by atoms with E-state index >= 15 is 0 Å². The number of anilines is 1. The highest BCUT2D eigenvalue weighted by Gasteiger charge is 2.12. The molecule has 0 atom stereocenters. The van der Waals surface area contributed by atoms with Gasteiger partial charge < -0.3 is 15.0 Å². The topological polar surface area (TPSA) is 84.6 Å². The van der Waals surface area contributed by atoms with Gasteiger partial charge in [-0.15, -0.1) is 16.4 Å². The average molecular weight is 360 g/mol. The van der Waals surface area contributed by atoms with E-state index in [-0.39, 0.29) is 12.2 Å². The number of aromatic nitrogens is 4. The van der Waals surface area contributed by atoms with Crippen LogP contribution in [-0.4, -0.2) is 56.8 Å². The molecule has 0 saturated carbocycles. The molecule has 25 heavy (non-hydrogen) atoms. The maximum atomic E-state index is 11.8. The standard InChI is InChI=1S/C16H20N6O2S/c1-11(2)24-16(23)21(3)7-6-17-14-4-5-15-18-8-13(22(15)20-14)12-9-25-10-19-12/h4-5,8-11H,6-7H2,1-3H3,(H,17,20). The Balaban J connectivity index is 1.64. The van der Waals surface area contributed by atoms with Crippen LogP contribution in [0.5, 0.6) is 0 Å². The second kappa shape index (κ2) is 7.47. The molecule has 0 radical (unpaired) electrons. The molecule has 132 valence electrons. The number of ether oxygens (including phenoxy) is 1. The first-order chi connectivity index (χ1) is 12.0. The monoisotopic (exact) mass is 360 g/mol. The average Bonchev–Trinajstić information content (AvgIpc) is 3.22. The highest BCUT2D eigenvalue weighted by Crippen LogP contribution is 2.20. The Hall–Kier alpha value is -2.68.